The van der Waals surface area contributed by atoms with Gasteiger partial charge in [0.1, 0.15) is 5.58 Å². The van der Waals surface area contributed by atoms with Crippen molar-refractivity contribution in [1.82, 2.24) is 4.90 Å². The Labute approximate surface area is 154 Å². The van der Waals surface area contributed by atoms with Gasteiger partial charge < -0.3 is 14.4 Å². The number of thioether (sulfide) groups is 1. The third kappa shape index (κ3) is 2.53. The molecule has 0 saturated heterocycles. The number of fused-ring (bicyclic) bond motifs is 2. The van der Waals surface area contributed by atoms with Crippen molar-refractivity contribution in [2.75, 3.05) is 19.4 Å². The molecule has 0 radical (unpaired) electrons. The highest BCUT2D eigenvalue weighted by Crippen LogP contribution is 2.38. The number of rotatable bonds is 4. The van der Waals surface area contributed by atoms with E-state index >= 15 is 0 Å². The molecule has 1 unspecified atom stereocenters. The minimum absolute atomic E-state index is 0.0705. The normalized spacial score (nSPS) is 16.3. The Bertz CT molecular complexity index is 1040. The summed E-state index contributed by atoms with van der Waals surface area (Å²) < 4.78 is 5.79. The van der Waals surface area contributed by atoms with Gasteiger partial charge in [-0.15, -0.1) is 11.8 Å². The van der Waals surface area contributed by atoms with Crippen LogP contribution < -0.4 is 5.43 Å². The van der Waals surface area contributed by atoms with Crippen LogP contribution in [0.4, 0.5) is 0 Å². The van der Waals surface area contributed by atoms with E-state index in [-0.39, 0.29) is 30.2 Å². The van der Waals surface area contributed by atoms with Gasteiger partial charge in [0.15, 0.2) is 5.43 Å². The Morgan fingerprint density at radius 1 is 1.12 bits per heavy atom. The van der Waals surface area contributed by atoms with Crippen LogP contribution in [0.25, 0.3) is 11.0 Å². The van der Waals surface area contributed by atoms with Crippen LogP contribution in [-0.2, 0) is 0 Å². The van der Waals surface area contributed by atoms with Crippen LogP contribution in [0.2, 0.25) is 0 Å². The van der Waals surface area contributed by atoms with Gasteiger partial charge in [0.2, 0.25) is 5.76 Å². The van der Waals surface area contributed by atoms with E-state index in [1.54, 1.807) is 36.0 Å². The molecule has 6 heteroatoms. The Kier molecular flexibility index (Phi) is 4.30. The van der Waals surface area contributed by atoms with Crippen molar-refractivity contribution >= 4 is 28.6 Å². The fourth-order valence-corrected chi connectivity index (χ4v) is 3.85. The van der Waals surface area contributed by atoms with E-state index in [9.17, 15) is 14.7 Å². The number of hydrogen-bond acceptors (Lipinski definition) is 5. The molecule has 0 aliphatic carbocycles. The molecule has 2 heterocycles. The number of aliphatic hydroxyl groups is 1. The average molecular weight is 367 g/mol. The number of aliphatic hydroxyl groups excluding tert-OH is 1. The summed E-state index contributed by atoms with van der Waals surface area (Å²) in [5.74, 6) is -0.295. The summed E-state index contributed by atoms with van der Waals surface area (Å²) in [6, 6.07) is 14.1. The minimum atomic E-state index is -0.554. The van der Waals surface area contributed by atoms with Crippen LogP contribution in [0.5, 0.6) is 0 Å². The first kappa shape index (κ1) is 16.9. The van der Waals surface area contributed by atoms with Crippen LogP contribution in [0, 0.1) is 0 Å². The third-order valence-corrected chi connectivity index (χ3v) is 5.39. The number of amides is 1. The minimum Gasteiger partial charge on any atom is -0.450 e. The summed E-state index contributed by atoms with van der Waals surface area (Å²) in [6.07, 6.45) is 1.99. The maximum atomic E-state index is 13.1. The van der Waals surface area contributed by atoms with Crippen molar-refractivity contribution in [2.24, 2.45) is 0 Å². The Balaban J connectivity index is 1.96. The van der Waals surface area contributed by atoms with Crippen molar-refractivity contribution in [1.29, 1.82) is 0 Å². The lowest BCUT2D eigenvalue weighted by molar-refractivity contribution is 0.0691. The van der Waals surface area contributed by atoms with Crippen LogP contribution in [-0.4, -0.2) is 35.3 Å². The Morgan fingerprint density at radius 3 is 2.54 bits per heavy atom. The first-order valence-electron chi connectivity index (χ1n) is 8.27. The van der Waals surface area contributed by atoms with Crippen LogP contribution >= 0.6 is 11.8 Å². The molecule has 0 bridgehead atoms. The summed E-state index contributed by atoms with van der Waals surface area (Å²) in [5, 5.41) is 9.88. The molecule has 2 aromatic carbocycles. The van der Waals surface area contributed by atoms with Gasteiger partial charge in [-0.3, -0.25) is 9.59 Å². The van der Waals surface area contributed by atoms with Crippen molar-refractivity contribution < 1.29 is 14.3 Å². The van der Waals surface area contributed by atoms with Gasteiger partial charge in [0.25, 0.3) is 5.91 Å². The lowest BCUT2D eigenvalue weighted by atomic mass is 9.98. The number of β-amino-alcohol motifs (C(OH)–C–C–N with tert-alkyl or cyclic N) is 1. The van der Waals surface area contributed by atoms with E-state index in [4.69, 9.17) is 4.42 Å². The summed E-state index contributed by atoms with van der Waals surface area (Å²) in [7, 11) is 0. The molecule has 0 fully saturated rings. The molecule has 4 rings (SSSR count). The molecule has 1 aliphatic rings. The first-order chi connectivity index (χ1) is 12.7. The standard InChI is InChI=1S/C20H17NO4S/c1-26-13-8-6-12(7-9-13)17-16-18(23)14-4-2-3-5-15(14)25-19(16)20(24)21(17)10-11-22/h2-9,17,22H,10-11H2,1H3. The fraction of sp³-hybridized carbons (Fsp3) is 0.200. The van der Waals surface area contributed by atoms with Gasteiger partial charge in [-0.05, 0) is 36.1 Å². The molecule has 26 heavy (non-hydrogen) atoms. The number of carbonyl (C=O) groups excluding carboxylic acids is 1. The number of nitrogens with zero attached hydrogens (tertiary/aromatic N) is 1. The smallest absolute Gasteiger partial charge is 0.290 e. The highest BCUT2D eigenvalue weighted by atomic mass is 32.2. The molecule has 5 nitrogen and oxygen atoms in total. The zero-order chi connectivity index (χ0) is 18.3. The van der Waals surface area contributed by atoms with Gasteiger partial charge in [-0.2, -0.15) is 0 Å². The zero-order valence-corrected chi connectivity index (χ0v) is 15.0. The van der Waals surface area contributed by atoms with Gasteiger partial charge in [0.05, 0.1) is 23.6 Å². The quantitative estimate of drug-likeness (QED) is 0.718. The highest BCUT2D eigenvalue weighted by Gasteiger charge is 2.42. The van der Waals surface area contributed by atoms with Crippen LogP contribution in [0.15, 0.2) is 62.6 Å². The topological polar surface area (TPSA) is 70.8 Å². The summed E-state index contributed by atoms with van der Waals surface area (Å²) in [5.41, 5.74) is 1.37. The van der Waals surface area contributed by atoms with Gasteiger partial charge in [-0.25, -0.2) is 0 Å². The second-order valence-corrected chi connectivity index (χ2v) is 6.95. The van der Waals surface area contributed by atoms with E-state index in [0.29, 0.717) is 16.5 Å². The van der Waals surface area contributed by atoms with Crippen molar-refractivity contribution in [3.63, 3.8) is 0 Å². The van der Waals surface area contributed by atoms with Crippen molar-refractivity contribution in [3.8, 4) is 0 Å². The number of carbonyl (C=O) groups is 1. The summed E-state index contributed by atoms with van der Waals surface area (Å²) >= 11 is 1.62. The van der Waals surface area contributed by atoms with E-state index in [1.165, 1.54) is 4.90 Å². The predicted octanol–water partition coefficient (Wildman–Crippen LogP) is 3.05. The van der Waals surface area contributed by atoms with Crippen molar-refractivity contribution in [3.05, 3.63) is 75.6 Å². The van der Waals surface area contributed by atoms with E-state index in [0.717, 1.165) is 10.5 Å². The SMILES string of the molecule is CSc1ccc(C2c3c(oc4ccccc4c3=O)C(=O)N2CCO)cc1. The Morgan fingerprint density at radius 2 is 1.85 bits per heavy atom. The molecule has 1 N–H and O–H groups in total. The zero-order valence-electron chi connectivity index (χ0n) is 14.1. The monoisotopic (exact) mass is 367 g/mol. The second-order valence-electron chi connectivity index (χ2n) is 6.07. The van der Waals surface area contributed by atoms with E-state index in [2.05, 4.69) is 0 Å². The Hall–Kier alpha value is -2.57. The molecule has 1 atom stereocenters. The van der Waals surface area contributed by atoms with E-state index < -0.39 is 6.04 Å². The molecular formula is C20H17NO4S. The lowest BCUT2D eigenvalue weighted by Crippen LogP contribution is -2.32. The number of para-hydroxylation sites is 1. The predicted molar refractivity (Wildman–Crippen MR) is 101 cm³/mol. The average Bonchev–Trinajstić information content (AvgIpc) is 2.95. The molecule has 132 valence electrons. The molecule has 1 amide bonds. The van der Waals surface area contributed by atoms with Crippen LogP contribution in [0.1, 0.15) is 27.7 Å². The van der Waals surface area contributed by atoms with Crippen molar-refractivity contribution in [2.45, 2.75) is 10.9 Å². The van der Waals surface area contributed by atoms with E-state index in [1.807, 2.05) is 30.5 Å². The molecular weight excluding hydrogens is 350 g/mol. The molecule has 3 aromatic rings. The third-order valence-electron chi connectivity index (χ3n) is 4.65. The summed E-state index contributed by atoms with van der Waals surface area (Å²) in [6.45, 7) is -0.0550. The van der Waals surface area contributed by atoms with Gasteiger partial charge in [0, 0.05) is 11.4 Å². The molecule has 0 spiro atoms. The first-order valence-corrected chi connectivity index (χ1v) is 9.49. The molecule has 1 aliphatic heterocycles. The number of benzene rings is 2. The maximum Gasteiger partial charge on any atom is 0.290 e. The van der Waals surface area contributed by atoms with Gasteiger partial charge in [-0.1, -0.05) is 24.3 Å². The summed E-state index contributed by atoms with van der Waals surface area (Å²) in [4.78, 5) is 28.6. The van der Waals surface area contributed by atoms with Gasteiger partial charge >= 0.3 is 0 Å². The molecule has 0 saturated carbocycles. The second kappa shape index (κ2) is 6.63. The fourth-order valence-electron chi connectivity index (χ4n) is 3.44. The largest absolute Gasteiger partial charge is 0.450 e. The highest BCUT2D eigenvalue weighted by molar-refractivity contribution is 7.98. The maximum absolute atomic E-state index is 13.1. The number of hydrogen-bond donors (Lipinski definition) is 1. The lowest BCUT2D eigenvalue weighted by Gasteiger charge is -2.24. The van der Waals surface area contributed by atoms with Crippen LogP contribution in [0.3, 0.4) is 0 Å². The molecule has 1 aromatic heterocycles.